The van der Waals surface area contributed by atoms with Gasteiger partial charge in [-0.2, -0.15) is 36.4 Å². The Labute approximate surface area is 133 Å². The van der Waals surface area contributed by atoms with Crippen LogP contribution in [0.5, 0.6) is 0 Å². The van der Waals surface area contributed by atoms with Crippen LogP contribution in [0.4, 0.5) is 0 Å². The summed E-state index contributed by atoms with van der Waals surface area (Å²) in [6, 6.07) is 12.5. The number of rotatable bonds is 0. The Kier molecular flexibility index (Phi) is 13.8. The fourth-order valence-corrected chi connectivity index (χ4v) is 0.901. The number of nitrogens with zero attached hydrogens (tertiary/aromatic N) is 1. The predicted molar refractivity (Wildman–Crippen MR) is 65.1 cm³/mol. The van der Waals surface area contributed by atoms with E-state index in [0.717, 1.165) is 0 Å². The number of carbonyl (C=O) groups is 2. The quantitative estimate of drug-likeness (QED) is 0.583. The summed E-state index contributed by atoms with van der Waals surface area (Å²) >= 11 is 0. The average molecular weight is 324 g/mol. The van der Waals surface area contributed by atoms with Crippen molar-refractivity contribution >= 4 is 11.9 Å². The van der Waals surface area contributed by atoms with Crippen molar-refractivity contribution in [1.82, 2.24) is 4.90 Å². The van der Waals surface area contributed by atoms with Crippen molar-refractivity contribution in [2.24, 2.45) is 0 Å². The Morgan fingerprint density at radius 2 is 1.67 bits per heavy atom. The number of aliphatic carboxylic acids is 1. The molecule has 1 aliphatic rings. The van der Waals surface area contributed by atoms with Crippen LogP contribution < -0.4 is 0 Å². The van der Waals surface area contributed by atoms with Crippen LogP contribution in [0, 0.1) is 12.5 Å². The van der Waals surface area contributed by atoms with E-state index in [2.05, 4.69) is 6.07 Å². The van der Waals surface area contributed by atoms with Crippen LogP contribution in [-0.4, -0.2) is 35.0 Å². The minimum atomic E-state index is -1.37. The first-order chi connectivity index (χ1) is 8.22. The van der Waals surface area contributed by atoms with Crippen LogP contribution >= 0.6 is 0 Å². The molecule has 0 aliphatic carbocycles. The van der Waals surface area contributed by atoms with Gasteiger partial charge in [-0.05, 0) is 0 Å². The summed E-state index contributed by atoms with van der Waals surface area (Å²) in [5.74, 6) is -2.18. The SMILES string of the molecule is CC.O=C(O)C(=O)N1C[CH-]C1.[Y].[c-]1ccccc1. The fraction of sp³-hybridized carbons (Fsp3) is 0.308. The summed E-state index contributed by atoms with van der Waals surface area (Å²) < 4.78 is 0. The van der Waals surface area contributed by atoms with Gasteiger partial charge in [0.05, 0.1) is 0 Å². The van der Waals surface area contributed by atoms with Crippen LogP contribution in [0.1, 0.15) is 13.8 Å². The van der Waals surface area contributed by atoms with E-state index in [-0.39, 0.29) is 32.7 Å². The molecule has 1 aromatic rings. The standard InChI is InChI=1S/C6H5.C5H6NO3.C2H6.Y/c1-2-4-6-5-3-1;7-4(5(8)9)6-2-1-3-6;1-2;/h1-5H;1H,2-3H2,(H,8,9);1-2H3;/q2*-1;;. The number of carboxylic acids is 1. The number of likely N-dealkylation sites (tertiary alicyclic amines) is 1. The van der Waals surface area contributed by atoms with Crippen molar-refractivity contribution < 1.29 is 47.4 Å². The van der Waals surface area contributed by atoms with Gasteiger partial charge in [-0.3, -0.25) is 11.2 Å². The van der Waals surface area contributed by atoms with Crippen molar-refractivity contribution in [2.45, 2.75) is 13.8 Å². The molecule has 0 aromatic heterocycles. The summed E-state index contributed by atoms with van der Waals surface area (Å²) in [4.78, 5) is 21.6. The minimum Gasteiger partial charge on any atom is -0.474 e. The van der Waals surface area contributed by atoms with Crippen molar-refractivity contribution in [2.75, 3.05) is 13.1 Å². The topological polar surface area (TPSA) is 57.6 Å². The predicted octanol–water partition coefficient (Wildman–Crippen LogP) is 1.63. The van der Waals surface area contributed by atoms with Crippen LogP contribution in [-0.2, 0) is 42.3 Å². The molecule has 1 saturated heterocycles. The third-order valence-corrected chi connectivity index (χ3v) is 1.78. The van der Waals surface area contributed by atoms with Gasteiger partial charge in [0, 0.05) is 32.7 Å². The summed E-state index contributed by atoms with van der Waals surface area (Å²) in [5, 5.41) is 8.11. The van der Waals surface area contributed by atoms with Gasteiger partial charge in [0.25, 0.3) is 0 Å². The Bertz CT molecular complexity index is 300. The number of carbonyl (C=O) groups excluding carboxylic acids is 1. The molecule has 0 saturated carbocycles. The van der Waals surface area contributed by atoms with E-state index in [9.17, 15) is 9.59 Å². The monoisotopic (exact) mass is 324 g/mol. The van der Waals surface area contributed by atoms with Gasteiger partial charge < -0.3 is 10.0 Å². The number of hydrogen-bond acceptors (Lipinski definition) is 2. The molecule has 1 aliphatic heterocycles. The average Bonchev–Trinajstić information content (AvgIpc) is 2.32. The number of carboxylic acid groups (broad SMARTS) is 1. The third-order valence-electron chi connectivity index (χ3n) is 1.78. The maximum absolute atomic E-state index is 10.4. The smallest absolute Gasteiger partial charge is 0.394 e. The zero-order valence-electron chi connectivity index (χ0n) is 10.7. The molecular weight excluding hydrogens is 307 g/mol. The Hall–Kier alpha value is -0.736. The molecule has 1 amide bonds. The molecule has 1 fully saturated rings. The zero-order chi connectivity index (χ0) is 13.1. The maximum Gasteiger partial charge on any atom is 0.394 e. The molecule has 0 bridgehead atoms. The van der Waals surface area contributed by atoms with Crippen LogP contribution in [0.2, 0.25) is 0 Å². The molecule has 97 valence electrons. The number of amides is 1. The van der Waals surface area contributed by atoms with Crippen LogP contribution in [0.15, 0.2) is 30.3 Å². The molecule has 1 heterocycles. The molecule has 1 radical (unpaired) electrons. The van der Waals surface area contributed by atoms with E-state index >= 15 is 0 Å². The van der Waals surface area contributed by atoms with E-state index in [0.29, 0.717) is 13.1 Å². The first-order valence-corrected chi connectivity index (χ1v) is 5.47. The van der Waals surface area contributed by atoms with Crippen molar-refractivity contribution in [3.63, 3.8) is 0 Å². The Morgan fingerprint density at radius 1 is 1.17 bits per heavy atom. The van der Waals surface area contributed by atoms with E-state index in [1.54, 1.807) is 0 Å². The largest absolute Gasteiger partial charge is 0.474 e. The first kappa shape index (κ1) is 19.6. The summed E-state index contributed by atoms with van der Waals surface area (Å²) in [6.07, 6.45) is 1.83. The second kappa shape index (κ2) is 12.7. The molecule has 0 unspecified atom stereocenters. The van der Waals surface area contributed by atoms with Crippen LogP contribution in [0.25, 0.3) is 0 Å². The van der Waals surface area contributed by atoms with E-state index in [1.807, 2.05) is 50.6 Å². The molecular formula is C13H17NO3Y-2. The van der Waals surface area contributed by atoms with Crippen molar-refractivity contribution in [3.05, 3.63) is 42.8 Å². The molecule has 0 spiro atoms. The molecule has 5 heteroatoms. The molecule has 1 N–H and O–H groups in total. The van der Waals surface area contributed by atoms with Gasteiger partial charge >= 0.3 is 11.9 Å². The zero-order valence-corrected chi connectivity index (χ0v) is 13.5. The summed E-state index contributed by atoms with van der Waals surface area (Å²) in [6.45, 7) is 4.95. The minimum absolute atomic E-state index is 0. The van der Waals surface area contributed by atoms with E-state index < -0.39 is 11.9 Å². The number of benzene rings is 1. The van der Waals surface area contributed by atoms with E-state index in [4.69, 9.17) is 5.11 Å². The number of hydrogen-bond donors (Lipinski definition) is 1. The second-order valence-corrected chi connectivity index (χ2v) is 2.88. The first-order valence-electron chi connectivity index (χ1n) is 5.47. The van der Waals surface area contributed by atoms with Crippen molar-refractivity contribution in [1.29, 1.82) is 0 Å². The molecule has 0 atom stereocenters. The van der Waals surface area contributed by atoms with E-state index in [1.165, 1.54) is 4.90 Å². The van der Waals surface area contributed by atoms with Gasteiger partial charge in [-0.25, -0.2) is 4.79 Å². The third kappa shape index (κ3) is 8.37. The maximum atomic E-state index is 10.4. The van der Waals surface area contributed by atoms with Crippen LogP contribution in [0.3, 0.4) is 0 Å². The molecule has 1 aromatic carbocycles. The molecule has 18 heavy (non-hydrogen) atoms. The molecule has 4 nitrogen and oxygen atoms in total. The normalized spacial score (nSPS) is 11.3. The Morgan fingerprint density at radius 3 is 1.78 bits per heavy atom. The second-order valence-electron chi connectivity index (χ2n) is 2.88. The molecule has 2 rings (SSSR count). The van der Waals surface area contributed by atoms with Gasteiger partial charge in [-0.15, -0.1) is 13.1 Å². The fourth-order valence-electron chi connectivity index (χ4n) is 0.901. The summed E-state index contributed by atoms with van der Waals surface area (Å²) in [7, 11) is 0. The van der Waals surface area contributed by atoms with Crippen molar-refractivity contribution in [3.8, 4) is 0 Å². The Balaban J connectivity index is 0. The summed E-state index contributed by atoms with van der Waals surface area (Å²) in [5.41, 5.74) is 0. The van der Waals surface area contributed by atoms with Gasteiger partial charge in [0.2, 0.25) is 0 Å². The van der Waals surface area contributed by atoms with Gasteiger partial charge in [0.1, 0.15) is 0 Å². The van der Waals surface area contributed by atoms with Gasteiger partial charge in [0.15, 0.2) is 0 Å². The van der Waals surface area contributed by atoms with Gasteiger partial charge in [-0.1, -0.05) is 13.8 Å².